The number of halogens is 2. The molecular weight excluding hydrogens is 424 g/mol. The van der Waals surface area contributed by atoms with E-state index in [9.17, 15) is 13.6 Å². The van der Waals surface area contributed by atoms with Gasteiger partial charge in [-0.05, 0) is 43.3 Å². The molecule has 0 radical (unpaired) electrons. The highest BCUT2D eigenvalue weighted by Gasteiger charge is 2.19. The highest BCUT2D eigenvalue weighted by molar-refractivity contribution is 6.04. The number of carbonyl (C=O) groups excluding carboxylic acids is 1. The molecule has 5 rings (SSSR count). The van der Waals surface area contributed by atoms with Gasteiger partial charge in [-0.2, -0.15) is 9.78 Å². The summed E-state index contributed by atoms with van der Waals surface area (Å²) in [5.74, 6) is -0.516. The fourth-order valence-corrected chi connectivity index (χ4v) is 3.74. The molecule has 0 saturated carbocycles. The lowest BCUT2D eigenvalue weighted by atomic mass is 10.2. The third-order valence-corrected chi connectivity index (χ3v) is 5.27. The monoisotopic (exact) mass is 443 g/mol. The fourth-order valence-electron chi connectivity index (χ4n) is 3.74. The van der Waals surface area contributed by atoms with Crippen LogP contribution >= 0.6 is 0 Å². The molecule has 0 saturated heterocycles. The van der Waals surface area contributed by atoms with Gasteiger partial charge in [-0.1, -0.05) is 36.4 Å². The van der Waals surface area contributed by atoms with Gasteiger partial charge in [-0.3, -0.25) is 4.79 Å². The molecule has 0 aliphatic rings. The molecule has 8 heteroatoms. The number of nitrogens with zero attached hydrogens (tertiary/aromatic N) is 4. The summed E-state index contributed by atoms with van der Waals surface area (Å²) in [5.41, 5.74) is 2.83. The Morgan fingerprint density at radius 3 is 2.58 bits per heavy atom. The largest absolute Gasteiger partial charge is 0.306 e. The lowest BCUT2D eigenvalue weighted by Crippen LogP contribution is -2.17. The number of imidazole rings is 1. The number of hydrogen-bond acceptors (Lipinski definition) is 3. The maximum Gasteiger partial charge on any atom is 0.256 e. The Hall–Kier alpha value is -4.33. The number of nitrogens with one attached hydrogen (secondary N) is 1. The van der Waals surface area contributed by atoms with Crippen molar-refractivity contribution in [2.75, 3.05) is 5.32 Å². The Morgan fingerprint density at radius 2 is 1.76 bits per heavy atom. The summed E-state index contributed by atoms with van der Waals surface area (Å²) in [4.78, 5) is 17.5. The zero-order valence-corrected chi connectivity index (χ0v) is 17.7. The van der Waals surface area contributed by atoms with E-state index in [1.807, 2.05) is 28.8 Å². The van der Waals surface area contributed by atoms with Crippen molar-refractivity contribution >= 4 is 22.8 Å². The van der Waals surface area contributed by atoms with Crippen molar-refractivity contribution in [3.05, 3.63) is 107 Å². The van der Waals surface area contributed by atoms with Gasteiger partial charge in [0, 0.05) is 17.2 Å². The average molecular weight is 443 g/mol. The van der Waals surface area contributed by atoms with Crippen molar-refractivity contribution in [1.29, 1.82) is 0 Å². The Balaban J connectivity index is 1.60. The van der Waals surface area contributed by atoms with Crippen LogP contribution in [0.3, 0.4) is 0 Å². The SMILES string of the molecule is Cc1cc(NC(=O)c2cccc(F)c2)n(-c2nc3ccccc3n2Cc2ccccc2F)n1. The van der Waals surface area contributed by atoms with Crippen LogP contribution in [0, 0.1) is 18.6 Å². The van der Waals surface area contributed by atoms with E-state index in [2.05, 4.69) is 10.4 Å². The van der Waals surface area contributed by atoms with Crippen LogP contribution < -0.4 is 5.32 Å². The minimum atomic E-state index is -0.501. The minimum absolute atomic E-state index is 0.181. The van der Waals surface area contributed by atoms with Crippen LogP contribution in [0.2, 0.25) is 0 Å². The normalized spacial score (nSPS) is 11.1. The quantitative estimate of drug-likeness (QED) is 0.411. The summed E-state index contributed by atoms with van der Waals surface area (Å²) in [7, 11) is 0. The number of para-hydroxylation sites is 2. The topological polar surface area (TPSA) is 64.7 Å². The maximum atomic E-state index is 14.4. The minimum Gasteiger partial charge on any atom is -0.306 e. The molecule has 6 nitrogen and oxygen atoms in total. The Morgan fingerprint density at radius 1 is 0.970 bits per heavy atom. The lowest BCUT2D eigenvalue weighted by molar-refractivity contribution is 0.102. The second-order valence-electron chi connectivity index (χ2n) is 7.63. The highest BCUT2D eigenvalue weighted by Crippen LogP contribution is 2.25. The number of anilines is 1. The second-order valence-corrected chi connectivity index (χ2v) is 7.63. The number of hydrogen-bond donors (Lipinski definition) is 1. The van der Waals surface area contributed by atoms with E-state index < -0.39 is 11.7 Å². The van der Waals surface area contributed by atoms with Crippen LogP contribution in [0.4, 0.5) is 14.6 Å². The average Bonchev–Trinajstić information content (AvgIpc) is 3.35. The highest BCUT2D eigenvalue weighted by atomic mass is 19.1. The summed E-state index contributed by atoms with van der Waals surface area (Å²) in [6, 6.07) is 21.2. The third-order valence-electron chi connectivity index (χ3n) is 5.27. The molecule has 0 aliphatic carbocycles. The summed E-state index contributed by atoms with van der Waals surface area (Å²) in [5, 5.41) is 7.30. The van der Waals surface area contributed by atoms with E-state index in [0.717, 1.165) is 11.6 Å². The molecule has 2 aromatic heterocycles. The molecule has 1 amide bonds. The summed E-state index contributed by atoms with van der Waals surface area (Å²) < 4.78 is 31.4. The van der Waals surface area contributed by atoms with Gasteiger partial charge in [0.05, 0.1) is 23.3 Å². The van der Waals surface area contributed by atoms with Crippen molar-refractivity contribution in [2.24, 2.45) is 0 Å². The third kappa shape index (κ3) is 3.98. The van der Waals surface area contributed by atoms with Gasteiger partial charge in [0.25, 0.3) is 5.91 Å². The van der Waals surface area contributed by atoms with Crippen LogP contribution in [0.5, 0.6) is 0 Å². The molecule has 0 bridgehead atoms. The van der Waals surface area contributed by atoms with Crippen molar-refractivity contribution in [1.82, 2.24) is 19.3 Å². The zero-order chi connectivity index (χ0) is 22.9. The Kier molecular flexibility index (Phi) is 5.18. The van der Waals surface area contributed by atoms with Crippen LogP contribution in [-0.2, 0) is 6.54 Å². The van der Waals surface area contributed by atoms with Crippen molar-refractivity contribution < 1.29 is 13.6 Å². The molecule has 0 fully saturated rings. The van der Waals surface area contributed by atoms with E-state index in [1.165, 1.54) is 28.9 Å². The van der Waals surface area contributed by atoms with Gasteiger partial charge in [-0.15, -0.1) is 0 Å². The number of aryl methyl sites for hydroxylation is 1. The number of amides is 1. The van der Waals surface area contributed by atoms with E-state index in [1.54, 1.807) is 31.2 Å². The van der Waals surface area contributed by atoms with Gasteiger partial charge in [0.1, 0.15) is 17.5 Å². The fraction of sp³-hybridized carbons (Fsp3) is 0.0800. The predicted molar refractivity (Wildman–Crippen MR) is 121 cm³/mol. The van der Waals surface area contributed by atoms with Crippen molar-refractivity contribution in [3.8, 4) is 5.95 Å². The molecule has 0 unspecified atom stereocenters. The van der Waals surface area contributed by atoms with Crippen LogP contribution in [0.15, 0.2) is 78.9 Å². The molecule has 5 aromatic rings. The smallest absolute Gasteiger partial charge is 0.256 e. The standard InChI is InChI=1S/C25H19F2N5O/c1-16-13-23(29-24(33)17-8-6-9-19(26)14-17)32(30-16)25-28-21-11-4-5-12-22(21)31(25)15-18-7-2-3-10-20(18)27/h2-14H,15H2,1H3,(H,29,33). The van der Waals surface area contributed by atoms with Gasteiger partial charge in [0.2, 0.25) is 5.95 Å². The molecule has 33 heavy (non-hydrogen) atoms. The Labute approximate surface area is 188 Å². The number of carbonyl (C=O) groups is 1. The van der Waals surface area contributed by atoms with Gasteiger partial charge in [-0.25, -0.2) is 13.8 Å². The number of aromatic nitrogens is 4. The molecule has 0 aliphatic heterocycles. The molecule has 2 heterocycles. The van der Waals surface area contributed by atoms with E-state index in [-0.39, 0.29) is 17.9 Å². The van der Waals surface area contributed by atoms with Crippen LogP contribution in [0.25, 0.3) is 17.0 Å². The van der Waals surface area contributed by atoms with E-state index in [4.69, 9.17) is 4.98 Å². The number of fused-ring (bicyclic) bond motifs is 1. The first-order valence-electron chi connectivity index (χ1n) is 10.3. The van der Waals surface area contributed by atoms with Crippen molar-refractivity contribution in [2.45, 2.75) is 13.5 Å². The molecule has 1 N–H and O–H groups in total. The van der Waals surface area contributed by atoms with E-state index >= 15 is 0 Å². The molecule has 164 valence electrons. The van der Waals surface area contributed by atoms with Gasteiger partial charge >= 0.3 is 0 Å². The lowest BCUT2D eigenvalue weighted by Gasteiger charge is -2.12. The molecule has 3 aromatic carbocycles. The predicted octanol–water partition coefficient (Wildman–Crippen LogP) is 5.11. The number of benzene rings is 3. The first kappa shape index (κ1) is 20.6. The summed E-state index contributed by atoms with van der Waals surface area (Å²) >= 11 is 0. The molecular formula is C25H19F2N5O. The first-order valence-corrected chi connectivity index (χ1v) is 10.3. The van der Waals surface area contributed by atoms with E-state index in [0.29, 0.717) is 28.5 Å². The summed E-state index contributed by atoms with van der Waals surface area (Å²) in [6.45, 7) is 2.01. The Bertz CT molecular complexity index is 1490. The zero-order valence-electron chi connectivity index (χ0n) is 17.7. The van der Waals surface area contributed by atoms with Crippen molar-refractivity contribution in [3.63, 3.8) is 0 Å². The van der Waals surface area contributed by atoms with Crippen LogP contribution in [-0.4, -0.2) is 25.2 Å². The molecule has 0 spiro atoms. The van der Waals surface area contributed by atoms with Gasteiger partial charge < -0.3 is 9.88 Å². The maximum absolute atomic E-state index is 14.4. The second kappa shape index (κ2) is 8.31. The van der Waals surface area contributed by atoms with Crippen LogP contribution in [0.1, 0.15) is 21.6 Å². The number of rotatable bonds is 5. The summed E-state index contributed by atoms with van der Waals surface area (Å²) in [6.07, 6.45) is 0. The first-order chi connectivity index (χ1) is 16.0. The van der Waals surface area contributed by atoms with Gasteiger partial charge in [0.15, 0.2) is 0 Å². The molecule has 0 atom stereocenters.